The van der Waals surface area contributed by atoms with Gasteiger partial charge in [0.1, 0.15) is 17.6 Å². The Hall–Kier alpha value is -2.40. The van der Waals surface area contributed by atoms with Gasteiger partial charge in [0.15, 0.2) is 0 Å². The fraction of sp³-hybridized carbons (Fsp3) is 0.368. The summed E-state index contributed by atoms with van der Waals surface area (Å²) in [5.74, 6) is -0.0242. The van der Waals surface area contributed by atoms with Crippen molar-refractivity contribution in [1.82, 2.24) is 0 Å². The number of hydrogen-bond donors (Lipinski definition) is 0. The summed E-state index contributed by atoms with van der Waals surface area (Å²) in [6, 6.07) is 4.91. The molecule has 5 heteroatoms. The van der Waals surface area contributed by atoms with Gasteiger partial charge in [-0.2, -0.15) is 0 Å². The zero-order chi connectivity index (χ0) is 17.9. The first-order valence-electron chi connectivity index (χ1n) is 7.87. The first kappa shape index (κ1) is 17.9. The third-order valence-electron chi connectivity index (χ3n) is 3.92. The largest absolute Gasteiger partial charge is 0.423 e. The molecular formula is C19H22O5. The molecule has 2 atom stereocenters. The molecule has 2 unspecified atom stereocenters. The van der Waals surface area contributed by atoms with Gasteiger partial charge >= 0.3 is 11.9 Å². The van der Waals surface area contributed by atoms with Gasteiger partial charge in [0.2, 0.25) is 0 Å². The highest BCUT2D eigenvalue weighted by atomic mass is 16.6. The van der Waals surface area contributed by atoms with Crippen LogP contribution in [-0.4, -0.2) is 18.0 Å². The molecule has 0 spiro atoms. The Morgan fingerprint density at radius 1 is 1.04 bits per heavy atom. The number of carbonyl (C=O) groups is 2. The lowest BCUT2D eigenvalue weighted by molar-refractivity contribution is -0.131. The number of rotatable bonds is 5. The fourth-order valence-electron chi connectivity index (χ4n) is 2.02. The van der Waals surface area contributed by atoms with E-state index in [1.807, 2.05) is 6.92 Å². The van der Waals surface area contributed by atoms with Gasteiger partial charge in [0.25, 0.3) is 0 Å². The third kappa shape index (κ3) is 4.11. The number of esters is 2. The van der Waals surface area contributed by atoms with E-state index in [4.69, 9.17) is 14.2 Å². The van der Waals surface area contributed by atoms with Gasteiger partial charge in [0.05, 0.1) is 6.10 Å². The van der Waals surface area contributed by atoms with Crippen LogP contribution in [0.3, 0.4) is 0 Å². The van der Waals surface area contributed by atoms with Crippen LogP contribution in [0.25, 0.3) is 0 Å². The van der Waals surface area contributed by atoms with Crippen molar-refractivity contribution in [3.8, 4) is 11.5 Å². The first-order chi connectivity index (χ1) is 11.4. The van der Waals surface area contributed by atoms with Crippen LogP contribution in [0.5, 0.6) is 11.5 Å². The van der Waals surface area contributed by atoms with Crippen LogP contribution >= 0.6 is 0 Å². The zero-order valence-corrected chi connectivity index (χ0v) is 14.6. The summed E-state index contributed by atoms with van der Waals surface area (Å²) < 4.78 is 16.3. The Morgan fingerprint density at radius 2 is 1.58 bits per heavy atom. The molecule has 0 saturated carbocycles. The van der Waals surface area contributed by atoms with E-state index in [1.165, 1.54) is 0 Å². The smallest absolute Gasteiger partial charge is 0.338 e. The molecule has 128 valence electrons. The Balaban J connectivity index is 2.26. The van der Waals surface area contributed by atoms with Crippen molar-refractivity contribution in [1.29, 1.82) is 0 Å². The summed E-state index contributed by atoms with van der Waals surface area (Å²) >= 11 is 0. The Bertz CT molecular complexity index is 714. The van der Waals surface area contributed by atoms with E-state index in [0.717, 1.165) is 0 Å². The highest BCUT2D eigenvalue weighted by Crippen LogP contribution is 2.44. The van der Waals surface area contributed by atoms with E-state index < -0.39 is 11.9 Å². The van der Waals surface area contributed by atoms with Crippen molar-refractivity contribution >= 4 is 11.9 Å². The molecule has 24 heavy (non-hydrogen) atoms. The summed E-state index contributed by atoms with van der Waals surface area (Å²) in [6.07, 6.45) is 3.24. The molecule has 0 aliphatic carbocycles. The maximum atomic E-state index is 12.0. The molecule has 2 rings (SSSR count). The molecule has 1 heterocycles. The second-order valence-corrected chi connectivity index (χ2v) is 5.68. The quantitative estimate of drug-likeness (QED) is 0.355. The molecule has 1 aliphatic heterocycles. The Labute approximate surface area is 141 Å². The van der Waals surface area contributed by atoms with Crippen molar-refractivity contribution in [3.63, 3.8) is 0 Å². The minimum atomic E-state index is -0.415. The Morgan fingerprint density at radius 3 is 2.08 bits per heavy atom. The van der Waals surface area contributed by atoms with Crippen molar-refractivity contribution in [2.24, 2.45) is 0 Å². The number of epoxide rings is 1. The van der Waals surface area contributed by atoms with Crippen LogP contribution in [0.2, 0.25) is 0 Å². The average molecular weight is 330 g/mol. The molecule has 0 aromatic heterocycles. The molecule has 0 bridgehead atoms. The topological polar surface area (TPSA) is 65.1 Å². The van der Waals surface area contributed by atoms with Crippen LogP contribution < -0.4 is 9.47 Å². The van der Waals surface area contributed by atoms with E-state index in [9.17, 15) is 9.59 Å². The van der Waals surface area contributed by atoms with Crippen molar-refractivity contribution in [2.45, 2.75) is 46.8 Å². The van der Waals surface area contributed by atoms with Crippen LogP contribution in [0.4, 0.5) is 0 Å². The van der Waals surface area contributed by atoms with Crippen molar-refractivity contribution in [2.75, 3.05) is 0 Å². The van der Waals surface area contributed by atoms with Gasteiger partial charge in [-0.25, -0.2) is 9.59 Å². The predicted molar refractivity (Wildman–Crippen MR) is 89.9 cm³/mol. The van der Waals surface area contributed by atoms with E-state index in [-0.39, 0.29) is 12.2 Å². The van der Waals surface area contributed by atoms with Crippen molar-refractivity contribution in [3.05, 3.63) is 47.1 Å². The second-order valence-electron chi connectivity index (χ2n) is 5.68. The molecule has 1 aliphatic rings. The van der Waals surface area contributed by atoms with Gasteiger partial charge < -0.3 is 14.2 Å². The lowest BCUT2D eigenvalue weighted by atomic mass is 10.1. The van der Waals surface area contributed by atoms with Crippen LogP contribution in [0.1, 0.15) is 46.3 Å². The summed E-state index contributed by atoms with van der Waals surface area (Å²) in [6.45, 7) is 8.85. The summed E-state index contributed by atoms with van der Waals surface area (Å²) in [5, 5.41) is 0. The number of hydrogen-bond acceptors (Lipinski definition) is 5. The van der Waals surface area contributed by atoms with Crippen LogP contribution in [-0.2, 0) is 14.3 Å². The van der Waals surface area contributed by atoms with E-state index in [1.54, 1.807) is 58.0 Å². The highest BCUT2D eigenvalue weighted by molar-refractivity contribution is 5.90. The van der Waals surface area contributed by atoms with E-state index in [2.05, 4.69) is 0 Å². The monoisotopic (exact) mass is 330 g/mol. The van der Waals surface area contributed by atoms with Crippen LogP contribution in [0, 0.1) is 0 Å². The van der Waals surface area contributed by atoms with Crippen molar-refractivity contribution < 1.29 is 23.8 Å². The molecule has 1 aromatic rings. The molecule has 1 fully saturated rings. The lowest BCUT2D eigenvalue weighted by Gasteiger charge is -2.11. The van der Waals surface area contributed by atoms with Crippen LogP contribution in [0.15, 0.2) is 41.5 Å². The summed E-state index contributed by atoms with van der Waals surface area (Å²) in [4.78, 5) is 23.9. The third-order valence-corrected chi connectivity index (χ3v) is 3.92. The SMILES string of the molecule is CC=C(C)C(=O)Oc1ccc(OC(=O)C(C)=CC)c(C2OC2C)c1. The first-order valence-corrected chi connectivity index (χ1v) is 7.87. The molecule has 5 nitrogen and oxygen atoms in total. The van der Waals surface area contributed by atoms with E-state index >= 15 is 0 Å². The number of benzene rings is 1. The van der Waals surface area contributed by atoms with Gasteiger partial charge in [-0.05, 0) is 52.8 Å². The van der Waals surface area contributed by atoms with Gasteiger partial charge in [0, 0.05) is 16.7 Å². The van der Waals surface area contributed by atoms with Gasteiger partial charge in [-0.15, -0.1) is 0 Å². The normalized spacial score (nSPS) is 20.5. The van der Waals surface area contributed by atoms with E-state index in [0.29, 0.717) is 28.2 Å². The number of ether oxygens (including phenoxy) is 3. The lowest BCUT2D eigenvalue weighted by Crippen LogP contribution is -2.12. The maximum absolute atomic E-state index is 12.0. The standard InChI is InChI=1S/C19H22O5/c1-6-11(3)18(20)23-14-8-9-16(24-19(21)12(4)7-2)15(10-14)17-13(5)22-17/h6-10,13,17H,1-5H3. The molecular weight excluding hydrogens is 308 g/mol. The maximum Gasteiger partial charge on any atom is 0.338 e. The predicted octanol–water partition coefficient (Wildman–Crippen LogP) is 3.89. The average Bonchev–Trinajstić information content (AvgIpc) is 3.30. The highest BCUT2D eigenvalue weighted by Gasteiger charge is 2.38. The molecule has 0 radical (unpaired) electrons. The fourth-order valence-corrected chi connectivity index (χ4v) is 2.02. The molecule has 0 amide bonds. The van der Waals surface area contributed by atoms with Gasteiger partial charge in [-0.1, -0.05) is 12.2 Å². The molecule has 1 aromatic carbocycles. The Kier molecular flexibility index (Phi) is 5.57. The summed E-state index contributed by atoms with van der Waals surface area (Å²) in [7, 11) is 0. The van der Waals surface area contributed by atoms with Gasteiger partial charge in [-0.3, -0.25) is 0 Å². The second kappa shape index (κ2) is 7.45. The minimum absolute atomic E-state index is 0.0356. The minimum Gasteiger partial charge on any atom is -0.423 e. The summed E-state index contributed by atoms with van der Waals surface area (Å²) in [5.41, 5.74) is 1.74. The zero-order valence-electron chi connectivity index (χ0n) is 14.6. The number of allylic oxidation sites excluding steroid dienone is 2. The molecule has 1 saturated heterocycles. The molecule has 0 N–H and O–H groups in total. The number of carbonyl (C=O) groups excluding carboxylic acids is 2.